The molecule has 0 amide bonds. The van der Waals surface area contributed by atoms with E-state index in [4.69, 9.17) is 15.0 Å². The van der Waals surface area contributed by atoms with E-state index in [9.17, 15) is 8.78 Å². The maximum Gasteiger partial charge on any atom is 0.123 e. The van der Waals surface area contributed by atoms with Gasteiger partial charge in [-0.15, -0.1) is 0 Å². The van der Waals surface area contributed by atoms with Crippen molar-refractivity contribution in [2.75, 3.05) is 0 Å². The molecule has 11 aromatic rings. The molecule has 12 rings (SSSR count). The Balaban J connectivity index is 0.984. The van der Waals surface area contributed by atoms with Crippen LogP contribution in [0.2, 0.25) is 0 Å². The molecule has 1 saturated carbocycles. The Morgan fingerprint density at radius 1 is 0.283 bits per heavy atom. The van der Waals surface area contributed by atoms with Gasteiger partial charge in [-0.1, -0.05) is 235 Å². The lowest BCUT2D eigenvalue weighted by Crippen LogP contribution is -2.22. The molecule has 2 atom stereocenters. The smallest absolute Gasteiger partial charge is 0.123 e. The van der Waals surface area contributed by atoms with Crippen LogP contribution < -0.4 is 0 Å². The Labute approximate surface area is 546 Å². The maximum atomic E-state index is 13.9. The first-order valence-corrected chi connectivity index (χ1v) is 32.9. The van der Waals surface area contributed by atoms with Crippen LogP contribution in [0.1, 0.15) is 170 Å². The van der Waals surface area contributed by atoms with E-state index in [2.05, 4.69) is 249 Å². The first kappa shape index (κ1) is 63.2. The lowest BCUT2D eigenvalue weighted by atomic mass is 9.65. The zero-order chi connectivity index (χ0) is 65.0. The van der Waals surface area contributed by atoms with E-state index in [0.29, 0.717) is 0 Å². The largest absolute Gasteiger partial charge is 0.256 e. The normalized spacial score (nSPS) is 15.6. The van der Waals surface area contributed by atoms with Crippen LogP contribution >= 0.6 is 0 Å². The first-order chi connectivity index (χ1) is 43.7. The highest BCUT2D eigenvalue weighted by Gasteiger charge is 2.36. The van der Waals surface area contributed by atoms with Crippen LogP contribution in [-0.4, -0.2) is 15.0 Å². The summed E-state index contributed by atoms with van der Waals surface area (Å²) < 4.78 is 27.9. The SMILES string of the molecule is Cc1cc(-c2ccc(-c3cc(C(C)(C)C)ccc3C3CC(c4ccc(C(C)(C)C)cc4-c4ccc(-c5cc(C)c(-c6ccc(F)cc6)cn5)cc4)CC(c4cc(C(C)(C)C)ccc4-c4ccc(-c5cc(C(C)(C)C)ccn5)cc4)C3)cc2)ncc1-c1ccc(F)cc1. The summed E-state index contributed by atoms with van der Waals surface area (Å²) in [6.07, 6.45) is 8.74. The van der Waals surface area contributed by atoms with Gasteiger partial charge in [-0.05, 0) is 216 Å². The summed E-state index contributed by atoms with van der Waals surface area (Å²) in [5.41, 5.74) is 28.7. The van der Waals surface area contributed by atoms with E-state index in [1.165, 1.54) is 96.6 Å². The van der Waals surface area contributed by atoms with Gasteiger partial charge in [0.25, 0.3) is 0 Å². The van der Waals surface area contributed by atoms with Crippen LogP contribution in [0.5, 0.6) is 0 Å². The van der Waals surface area contributed by atoms with Gasteiger partial charge in [0, 0.05) is 46.4 Å². The summed E-state index contributed by atoms with van der Waals surface area (Å²) in [7, 11) is 0. The van der Waals surface area contributed by atoms with Crippen LogP contribution in [0, 0.1) is 25.5 Å². The number of halogens is 2. The molecule has 1 aliphatic carbocycles. The standard InChI is InChI=1S/C87H87F2N3/c1-54-43-81(91-52-79(54)59-27-34-71(88)35-28-59)61-23-17-57(18-24-61)76-48-67(84(3,4)5)32-39-74(76)64-45-65(47-66(46-64)78-50-69(86(9,10)11)31-38-73(78)56-15-21-63(22-16-56)83-51-70(41-42-90-83)87(12,13)14)75-40-33-68(85(6,7)8)49-77(75)58-19-25-62(26-20-58)82-44-55(2)80(53-92-82)60-29-36-72(89)37-30-60/h15-44,48-53,64-66H,45-47H2,1-14H3. The number of hydrogen-bond donors (Lipinski definition) is 0. The molecule has 0 N–H and O–H groups in total. The molecule has 0 aliphatic heterocycles. The van der Waals surface area contributed by atoms with E-state index in [1.807, 2.05) is 42.9 Å². The van der Waals surface area contributed by atoms with E-state index in [1.54, 1.807) is 0 Å². The Hall–Kier alpha value is -8.93. The van der Waals surface area contributed by atoms with Crippen molar-refractivity contribution >= 4 is 0 Å². The summed E-state index contributed by atoms with van der Waals surface area (Å²) in [4.78, 5) is 14.8. The average Bonchev–Trinajstić information content (AvgIpc) is 0.766. The van der Waals surface area contributed by atoms with Crippen molar-refractivity contribution in [2.24, 2.45) is 0 Å². The summed E-state index contributed by atoms with van der Waals surface area (Å²) >= 11 is 0. The van der Waals surface area contributed by atoms with Crippen molar-refractivity contribution in [3.63, 3.8) is 0 Å². The third-order valence-corrected chi connectivity index (χ3v) is 19.4. The number of pyridine rings is 3. The zero-order valence-corrected chi connectivity index (χ0v) is 56.2. The van der Waals surface area contributed by atoms with E-state index >= 15 is 0 Å². The highest BCUT2D eigenvalue weighted by atomic mass is 19.1. The molecule has 1 fully saturated rings. The van der Waals surface area contributed by atoms with Crippen molar-refractivity contribution in [2.45, 2.75) is 156 Å². The molecule has 0 spiro atoms. The number of nitrogens with zero attached hydrogens (tertiary/aromatic N) is 3. The molecule has 8 aromatic carbocycles. The number of benzene rings is 8. The lowest BCUT2D eigenvalue weighted by Gasteiger charge is -2.39. The fourth-order valence-corrected chi connectivity index (χ4v) is 13.8. The molecular weight excluding hydrogens is 1120 g/mol. The molecule has 464 valence electrons. The Kier molecular flexibility index (Phi) is 17.1. The van der Waals surface area contributed by atoms with Crippen molar-refractivity contribution in [3.8, 4) is 89.4 Å². The Morgan fingerprint density at radius 3 is 0.967 bits per heavy atom. The van der Waals surface area contributed by atoms with Gasteiger partial charge in [-0.25, -0.2) is 8.78 Å². The van der Waals surface area contributed by atoms with Gasteiger partial charge >= 0.3 is 0 Å². The van der Waals surface area contributed by atoms with Gasteiger partial charge in [-0.2, -0.15) is 0 Å². The van der Waals surface area contributed by atoms with Crippen LogP contribution in [0.15, 0.2) is 219 Å². The third kappa shape index (κ3) is 13.5. The molecule has 0 radical (unpaired) electrons. The van der Waals surface area contributed by atoms with Crippen LogP contribution in [0.25, 0.3) is 89.4 Å². The summed E-state index contributed by atoms with van der Waals surface area (Å²) in [5, 5.41) is 0. The fraction of sp³-hybridized carbons (Fsp3) is 0.276. The second kappa shape index (κ2) is 24.9. The van der Waals surface area contributed by atoms with Gasteiger partial charge in [0.05, 0.1) is 17.1 Å². The van der Waals surface area contributed by atoms with E-state index in [-0.39, 0.29) is 51.0 Å². The predicted octanol–water partition coefficient (Wildman–Crippen LogP) is 24.1. The number of rotatable bonds is 11. The van der Waals surface area contributed by atoms with Crippen LogP contribution in [-0.2, 0) is 21.7 Å². The van der Waals surface area contributed by atoms with Crippen LogP contribution in [0.3, 0.4) is 0 Å². The highest BCUT2D eigenvalue weighted by Crippen LogP contribution is 2.54. The lowest BCUT2D eigenvalue weighted by molar-refractivity contribution is 0.352. The van der Waals surface area contributed by atoms with Crippen LogP contribution in [0.4, 0.5) is 8.78 Å². The number of hydrogen-bond acceptors (Lipinski definition) is 3. The minimum absolute atomic E-state index is 0.00970. The minimum atomic E-state index is -0.249. The number of aromatic nitrogens is 3. The van der Waals surface area contributed by atoms with Crippen molar-refractivity contribution in [3.05, 3.63) is 280 Å². The molecule has 2 unspecified atom stereocenters. The quantitative estimate of drug-likeness (QED) is 0.130. The molecule has 3 heterocycles. The van der Waals surface area contributed by atoms with E-state index < -0.39 is 0 Å². The summed E-state index contributed by atoms with van der Waals surface area (Å²) in [6.45, 7) is 31.9. The predicted molar refractivity (Wildman–Crippen MR) is 382 cm³/mol. The van der Waals surface area contributed by atoms with Crippen molar-refractivity contribution < 1.29 is 8.78 Å². The monoisotopic (exact) mass is 1210 g/mol. The Bertz CT molecular complexity index is 4260. The molecule has 0 saturated heterocycles. The fourth-order valence-electron chi connectivity index (χ4n) is 13.8. The molecular formula is C87H87F2N3. The number of aryl methyl sites for hydroxylation is 2. The average molecular weight is 1210 g/mol. The van der Waals surface area contributed by atoms with Crippen molar-refractivity contribution in [1.82, 2.24) is 15.0 Å². The van der Waals surface area contributed by atoms with Gasteiger partial charge < -0.3 is 0 Å². The second-order valence-electron chi connectivity index (χ2n) is 30.1. The van der Waals surface area contributed by atoms with Crippen molar-refractivity contribution in [1.29, 1.82) is 0 Å². The highest BCUT2D eigenvalue weighted by molar-refractivity contribution is 5.78. The zero-order valence-electron chi connectivity index (χ0n) is 56.2. The molecule has 3 aromatic heterocycles. The second-order valence-corrected chi connectivity index (χ2v) is 30.1. The van der Waals surface area contributed by atoms with Gasteiger partial charge in [0.2, 0.25) is 0 Å². The molecule has 3 nitrogen and oxygen atoms in total. The summed E-state index contributed by atoms with van der Waals surface area (Å²) in [5.74, 6) is 0.104. The molecule has 5 heteroatoms. The van der Waals surface area contributed by atoms with Gasteiger partial charge in [-0.3, -0.25) is 15.0 Å². The summed E-state index contributed by atoms with van der Waals surface area (Å²) in [6, 6.07) is 71.4. The first-order valence-electron chi connectivity index (χ1n) is 32.9. The topological polar surface area (TPSA) is 38.7 Å². The van der Waals surface area contributed by atoms with Gasteiger partial charge in [0.1, 0.15) is 11.6 Å². The van der Waals surface area contributed by atoms with E-state index in [0.717, 1.165) is 86.4 Å². The molecule has 92 heavy (non-hydrogen) atoms. The molecule has 1 aliphatic rings. The molecule has 0 bridgehead atoms. The Morgan fingerprint density at radius 2 is 0.587 bits per heavy atom. The van der Waals surface area contributed by atoms with Gasteiger partial charge in [0.15, 0.2) is 0 Å². The maximum absolute atomic E-state index is 13.9. The third-order valence-electron chi connectivity index (χ3n) is 19.4. The minimum Gasteiger partial charge on any atom is -0.256 e.